The van der Waals surface area contributed by atoms with E-state index in [-0.39, 0.29) is 10.2 Å². The molecule has 1 rings (SSSR count). The van der Waals surface area contributed by atoms with Crippen LogP contribution >= 0.6 is 15.9 Å². The minimum Gasteiger partial charge on any atom is -0.245 e. The summed E-state index contributed by atoms with van der Waals surface area (Å²) in [6, 6.07) is 1.46. The molecule has 1 aromatic rings. The highest BCUT2D eigenvalue weighted by Crippen LogP contribution is 2.27. The number of aryl methyl sites for hydroxylation is 2. The predicted octanol–water partition coefficient (Wildman–Crippen LogP) is 3.40. The van der Waals surface area contributed by atoms with Gasteiger partial charge in [0, 0.05) is 5.69 Å². The van der Waals surface area contributed by atoms with Crippen LogP contribution in [0.4, 0.5) is 8.78 Å². The van der Waals surface area contributed by atoms with Crippen LogP contribution in [0.2, 0.25) is 0 Å². The van der Waals surface area contributed by atoms with E-state index < -0.39 is 6.43 Å². The first-order valence-corrected chi connectivity index (χ1v) is 4.23. The first kappa shape index (κ1) is 9.58. The summed E-state index contributed by atoms with van der Waals surface area (Å²) in [4.78, 5) is 3.93. The Morgan fingerprint density at radius 3 is 2.50 bits per heavy atom. The minimum absolute atomic E-state index is 0.0434. The third-order valence-corrected chi connectivity index (χ3v) is 2.32. The van der Waals surface area contributed by atoms with Crippen LogP contribution in [0, 0.1) is 13.8 Å². The molecule has 0 saturated carbocycles. The highest BCUT2D eigenvalue weighted by Gasteiger charge is 2.13. The van der Waals surface area contributed by atoms with Crippen molar-refractivity contribution in [3.05, 3.63) is 27.5 Å². The second kappa shape index (κ2) is 3.47. The SMILES string of the molecule is Cc1cc(C(F)F)c(Br)nc1C. The summed E-state index contributed by atoms with van der Waals surface area (Å²) >= 11 is 2.99. The van der Waals surface area contributed by atoms with Crippen molar-refractivity contribution in [3.63, 3.8) is 0 Å². The van der Waals surface area contributed by atoms with Crippen LogP contribution in [0.1, 0.15) is 23.2 Å². The molecule has 66 valence electrons. The summed E-state index contributed by atoms with van der Waals surface area (Å²) in [5.41, 5.74) is 1.51. The molecule has 0 aromatic carbocycles. The minimum atomic E-state index is -2.47. The molecule has 0 aliphatic carbocycles. The van der Waals surface area contributed by atoms with E-state index in [1.54, 1.807) is 13.8 Å². The molecule has 0 fully saturated rings. The first-order chi connectivity index (χ1) is 5.52. The molecule has 0 bridgehead atoms. The maximum absolute atomic E-state index is 12.3. The van der Waals surface area contributed by atoms with Gasteiger partial charge in [0.2, 0.25) is 0 Å². The summed E-state index contributed by atoms with van der Waals surface area (Å²) in [6.45, 7) is 3.55. The number of halogens is 3. The van der Waals surface area contributed by atoms with Crippen molar-refractivity contribution in [2.45, 2.75) is 20.3 Å². The first-order valence-electron chi connectivity index (χ1n) is 3.44. The largest absolute Gasteiger partial charge is 0.266 e. The molecular formula is C8H8BrF2N. The van der Waals surface area contributed by atoms with Crippen molar-refractivity contribution in [2.75, 3.05) is 0 Å². The smallest absolute Gasteiger partial charge is 0.245 e. The number of alkyl halides is 2. The molecule has 1 aromatic heterocycles. The molecule has 1 heterocycles. The van der Waals surface area contributed by atoms with E-state index in [1.165, 1.54) is 6.07 Å². The maximum atomic E-state index is 12.3. The summed E-state index contributed by atoms with van der Waals surface area (Å²) < 4.78 is 24.8. The average molecular weight is 236 g/mol. The van der Waals surface area contributed by atoms with Crippen molar-refractivity contribution in [2.24, 2.45) is 0 Å². The molecule has 12 heavy (non-hydrogen) atoms. The number of hydrogen-bond acceptors (Lipinski definition) is 1. The molecule has 0 radical (unpaired) electrons. The molecule has 0 amide bonds. The Labute approximate surface area is 77.9 Å². The fourth-order valence-corrected chi connectivity index (χ4v) is 1.40. The monoisotopic (exact) mass is 235 g/mol. The van der Waals surface area contributed by atoms with Gasteiger partial charge in [-0.1, -0.05) is 0 Å². The van der Waals surface area contributed by atoms with E-state index in [9.17, 15) is 8.78 Å². The summed E-state index contributed by atoms with van der Waals surface area (Å²) in [5, 5.41) is 0. The van der Waals surface area contributed by atoms with Gasteiger partial charge in [0.15, 0.2) is 0 Å². The molecule has 0 aliphatic rings. The van der Waals surface area contributed by atoms with Gasteiger partial charge in [-0.2, -0.15) is 0 Å². The number of rotatable bonds is 1. The van der Waals surface area contributed by atoms with Gasteiger partial charge in [-0.05, 0) is 41.4 Å². The van der Waals surface area contributed by atoms with Gasteiger partial charge in [-0.15, -0.1) is 0 Å². The molecule has 1 nitrogen and oxygen atoms in total. The van der Waals surface area contributed by atoms with Crippen LogP contribution < -0.4 is 0 Å². The summed E-state index contributed by atoms with van der Waals surface area (Å²) in [7, 11) is 0. The van der Waals surface area contributed by atoms with Gasteiger partial charge < -0.3 is 0 Å². The van der Waals surface area contributed by atoms with Crippen LogP contribution in [-0.4, -0.2) is 4.98 Å². The van der Waals surface area contributed by atoms with E-state index in [1.807, 2.05) is 0 Å². The Hall–Kier alpha value is -0.510. The van der Waals surface area contributed by atoms with Crippen molar-refractivity contribution in [3.8, 4) is 0 Å². The van der Waals surface area contributed by atoms with Gasteiger partial charge in [0.25, 0.3) is 6.43 Å². The van der Waals surface area contributed by atoms with Gasteiger partial charge in [0.1, 0.15) is 4.60 Å². The van der Waals surface area contributed by atoms with Crippen LogP contribution in [0.25, 0.3) is 0 Å². The number of pyridine rings is 1. The fourth-order valence-electron chi connectivity index (χ4n) is 0.850. The highest BCUT2D eigenvalue weighted by atomic mass is 79.9. The third-order valence-electron chi connectivity index (χ3n) is 1.68. The average Bonchev–Trinajstić information content (AvgIpc) is 1.96. The Kier molecular flexibility index (Phi) is 2.77. The molecule has 0 atom stereocenters. The Bertz CT molecular complexity index is 299. The van der Waals surface area contributed by atoms with Crippen LogP contribution in [0.3, 0.4) is 0 Å². The standard InChI is InChI=1S/C8H8BrF2N/c1-4-3-6(8(10)11)7(9)12-5(4)2/h3,8H,1-2H3. The van der Waals surface area contributed by atoms with Gasteiger partial charge >= 0.3 is 0 Å². The summed E-state index contributed by atoms with van der Waals surface area (Å²) in [5.74, 6) is 0. The molecule has 0 unspecified atom stereocenters. The lowest BCUT2D eigenvalue weighted by Crippen LogP contribution is -1.94. The zero-order valence-electron chi connectivity index (χ0n) is 6.74. The zero-order valence-corrected chi connectivity index (χ0v) is 8.32. The van der Waals surface area contributed by atoms with Crippen molar-refractivity contribution < 1.29 is 8.78 Å². The van der Waals surface area contributed by atoms with Crippen molar-refractivity contribution >= 4 is 15.9 Å². The lowest BCUT2D eigenvalue weighted by atomic mass is 10.2. The highest BCUT2D eigenvalue weighted by molar-refractivity contribution is 9.10. The quantitative estimate of drug-likeness (QED) is 0.681. The number of nitrogens with zero attached hydrogens (tertiary/aromatic N) is 1. The zero-order chi connectivity index (χ0) is 9.30. The lowest BCUT2D eigenvalue weighted by Gasteiger charge is -2.05. The molecule has 0 aliphatic heterocycles. The summed E-state index contributed by atoms with van der Waals surface area (Å²) in [6.07, 6.45) is -2.47. The van der Waals surface area contributed by atoms with Crippen LogP contribution in [0.15, 0.2) is 10.7 Å². The Balaban J connectivity index is 3.23. The third kappa shape index (κ3) is 1.80. The normalized spacial score (nSPS) is 10.8. The molecule has 4 heteroatoms. The molecule has 0 spiro atoms. The van der Waals surface area contributed by atoms with Crippen molar-refractivity contribution in [1.82, 2.24) is 4.98 Å². The van der Waals surface area contributed by atoms with E-state index in [0.29, 0.717) is 0 Å². The van der Waals surface area contributed by atoms with E-state index in [2.05, 4.69) is 20.9 Å². The van der Waals surface area contributed by atoms with Crippen molar-refractivity contribution in [1.29, 1.82) is 0 Å². The van der Waals surface area contributed by atoms with E-state index in [4.69, 9.17) is 0 Å². The second-order valence-electron chi connectivity index (χ2n) is 2.57. The number of aromatic nitrogens is 1. The van der Waals surface area contributed by atoms with E-state index in [0.717, 1.165) is 11.3 Å². The fraction of sp³-hybridized carbons (Fsp3) is 0.375. The number of hydrogen-bond donors (Lipinski definition) is 0. The molecule has 0 saturated heterocycles. The van der Waals surface area contributed by atoms with E-state index >= 15 is 0 Å². The van der Waals surface area contributed by atoms with Gasteiger partial charge in [-0.3, -0.25) is 0 Å². The topological polar surface area (TPSA) is 12.9 Å². The van der Waals surface area contributed by atoms with Crippen LogP contribution in [0.5, 0.6) is 0 Å². The lowest BCUT2D eigenvalue weighted by molar-refractivity contribution is 0.150. The Morgan fingerprint density at radius 1 is 1.42 bits per heavy atom. The van der Waals surface area contributed by atoms with Crippen LogP contribution in [-0.2, 0) is 0 Å². The van der Waals surface area contributed by atoms with Gasteiger partial charge in [0.05, 0.1) is 5.56 Å². The Morgan fingerprint density at radius 2 is 2.00 bits per heavy atom. The molecule has 0 N–H and O–H groups in total. The maximum Gasteiger partial charge on any atom is 0.266 e. The molecular weight excluding hydrogens is 228 g/mol. The predicted molar refractivity (Wildman–Crippen MR) is 46.4 cm³/mol. The van der Waals surface area contributed by atoms with Gasteiger partial charge in [-0.25, -0.2) is 13.8 Å². The second-order valence-corrected chi connectivity index (χ2v) is 3.32.